The molecule has 0 atom stereocenters. The van der Waals surface area contributed by atoms with Gasteiger partial charge in [0.25, 0.3) is 0 Å². The summed E-state index contributed by atoms with van der Waals surface area (Å²) >= 11 is 3.38. The molecule has 2 aromatic rings. The number of hydrogen-bond donors (Lipinski definition) is 2. The SMILES string of the molecule is Cn1cc(NCc2ccc(Br)cc2N)cn1. The number of rotatable bonds is 3. The zero-order valence-electron chi connectivity index (χ0n) is 8.94. The molecule has 3 N–H and O–H groups in total. The molecule has 84 valence electrons. The molecule has 16 heavy (non-hydrogen) atoms. The van der Waals surface area contributed by atoms with Gasteiger partial charge >= 0.3 is 0 Å². The first-order valence-electron chi connectivity index (χ1n) is 4.91. The van der Waals surface area contributed by atoms with Gasteiger partial charge in [0.1, 0.15) is 0 Å². The van der Waals surface area contributed by atoms with Crippen molar-refractivity contribution >= 4 is 27.3 Å². The molecule has 0 fully saturated rings. The summed E-state index contributed by atoms with van der Waals surface area (Å²) in [5.74, 6) is 0. The molecule has 1 aromatic carbocycles. The van der Waals surface area contributed by atoms with Gasteiger partial charge < -0.3 is 11.1 Å². The average Bonchev–Trinajstić information content (AvgIpc) is 2.63. The number of hydrogen-bond acceptors (Lipinski definition) is 3. The predicted molar refractivity (Wildman–Crippen MR) is 69.1 cm³/mol. The number of halogens is 1. The minimum absolute atomic E-state index is 0.699. The minimum atomic E-state index is 0.699. The molecule has 2 rings (SSSR count). The number of benzene rings is 1. The summed E-state index contributed by atoms with van der Waals surface area (Å²) in [6.45, 7) is 0.699. The van der Waals surface area contributed by atoms with E-state index < -0.39 is 0 Å². The second kappa shape index (κ2) is 4.57. The summed E-state index contributed by atoms with van der Waals surface area (Å²) in [6.07, 6.45) is 3.71. The van der Waals surface area contributed by atoms with E-state index in [4.69, 9.17) is 5.73 Å². The van der Waals surface area contributed by atoms with E-state index in [2.05, 4.69) is 26.3 Å². The number of nitrogen functional groups attached to an aromatic ring is 1. The minimum Gasteiger partial charge on any atom is -0.398 e. The molecule has 0 radical (unpaired) electrons. The van der Waals surface area contributed by atoms with Crippen LogP contribution in [0.5, 0.6) is 0 Å². The Labute approximate surface area is 103 Å². The van der Waals surface area contributed by atoms with Gasteiger partial charge in [-0.2, -0.15) is 5.10 Å². The van der Waals surface area contributed by atoms with Gasteiger partial charge in [0.2, 0.25) is 0 Å². The molecule has 4 nitrogen and oxygen atoms in total. The fraction of sp³-hybridized carbons (Fsp3) is 0.182. The Balaban J connectivity index is 2.04. The summed E-state index contributed by atoms with van der Waals surface area (Å²) in [5.41, 5.74) is 8.75. The number of anilines is 2. The highest BCUT2D eigenvalue weighted by Crippen LogP contribution is 2.19. The third-order valence-corrected chi connectivity index (χ3v) is 2.79. The van der Waals surface area contributed by atoms with Gasteiger partial charge in [-0.1, -0.05) is 22.0 Å². The van der Waals surface area contributed by atoms with E-state index in [0.29, 0.717) is 6.54 Å². The maximum absolute atomic E-state index is 5.90. The molecule has 0 saturated carbocycles. The first kappa shape index (κ1) is 11.0. The summed E-state index contributed by atoms with van der Waals surface area (Å²) in [5, 5.41) is 7.34. The predicted octanol–water partition coefficient (Wildman–Crippen LogP) is 2.38. The Morgan fingerprint density at radius 3 is 2.94 bits per heavy atom. The molecule has 0 aliphatic carbocycles. The smallest absolute Gasteiger partial charge is 0.0729 e. The van der Waals surface area contributed by atoms with Crippen molar-refractivity contribution in [1.29, 1.82) is 0 Å². The van der Waals surface area contributed by atoms with E-state index in [9.17, 15) is 0 Å². The zero-order valence-corrected chi connectivity index (χ0v) is 10.5. The lowest BCUT2D eigenvalue weighted by Crippen LogP contribution is -2.02. The van der Waals surface area contributed by atoms with Crippen LogP contribution in [-0.4, -0.2) is 9.78 Å². The van der Waals surface area contributed by atoms with Crippen molar-refractivity contribution in [2.45, 2.75) is 6.54 Å². The van der Waals surface area contributed by atoms with Crippen molar-refractivity contribution < 1.29 is 0 Å². The summed E-state index contributed by atoms with van der Waals surface area (Å²) < 4.78 is 2.75. The van der Waals surface area contributed by atoms with Crippen LogP contribution in [0.4, 0.5) is 11.4 Å². The van der Waals surface area contributed by atoms with Gasteiger partial charge in [-0.05, 0) is 17.7 Å². The Bertz CT molecular complexity index is 492. The van der Waals surface area contributed by atoms with Crippen LogP contribution in [0.1, 0.15) is 5.56 Å². The Morgan fingerprint density at radius 2 is 2.31 bits per heavy atom. The van der Waals surface area contributed by atoms with Gasteiger partial charge in [0.05, 0.1) is 11.9 Å². The fourth-order valence-electron chi connectivity index (χ4n) is 1.44. The van der Waals surface area contributed by atoms with E-state index in [0.717, 1.165) is 21.4 Å². The van der Waals surface area contributed by atoms with Crippen molar-refractivity contribution in [1.82, 2.24) is 9.78 Å². The fourth-order valence-corrected chi connectivity index (χ4v) is 1.82. The second-order valence-electron chi connectivity index (χ2n) is 3.60. The van der Waals surface area contributed by atoms with Crippen LogP contribution in [-0.2, 0) is 13.6 Å². The normalized spacial score (nSPS) is 10.4. The molecule has 0 saturated heterocycles. The maximum atomic E-state index is 5.90. The number of nitrogens with two attached hydrogens (primary N) is 1. The second-order valence-corrected chi connectivity index (χ2v) is 4.52. The Kier molecular flexibility index (Phi) is 3.14. The molecule has 0 unspecified atom stereocenters. The monoisotopic (exact) mass is 280 g/mol. The van der Waals surface area contributed by atoms with Gasteiger partial charge in [-0.15, -0.1) is 0 Å². The van der Waals surface area contributed by atoms with Gasteiger partial charge in [0.15, 0.2) is 0 Å². The number of nitrogens with one attached hydrogen (secondary N) is 1. The zero-order chi connectivity index (χ0) is 11.5. The number of aromatic nitrogens is 2. The Morgan fingerprint density at radius 1 is 1.50 bits per heavy atom. The van der Waals surface area contributed by atoms with Crippen molar-refractivity contribution in [3.8, 4) is 0 Å². The highest BCUT2D eigenvalue weighted by atomic mass is 79.9. The van der Waals surface area contributed by atoms with Crippen LogP contribution in [0.15, 0.2) is 35.1 Å². The quantitative estimate of drug-likeness (QED) is 0.849. The van der Waals surface area contributed by atoms with Crippen molar-refractivity contribution in [2.24, 2.45) is 7.05 Å². The lowest BCUT2D eigenvalue weighted by Gasteiger charge is -2.07. The van der Waals surface area contributed by atoms with Crippen molar-refractivity contribution in [3.05, 3.63) is 40.6 Å². The summed E-state index contributed by atoms with van der Waals surface area (Å²) in [4.78, 5) is 0. The lowest BCUT2D eigenvalue weighted by molar-refractivity contribution is 0.768. The molecule has 0 spiro atoms. The third kappa shape index (κ3) is 2.55. The van der Waals surface area contributed by atoms with Crippen LogP contribution in [0.3, 0.4) is 0 Å². The summed E-state index contributed by atoms with van der Waals surface area (Å²) in [7, 11) is 1.89. The van der Waals surface area contributed by atoms with Crippen LogP contribution < -0.4 is 11.1 Å². The molecule has 0 amide bonds. The van der Waals surface area contributed by atoms with Crippen LogP contribution in [0, 0.1) is 0 Å². The third-order valence-electron chi connectivity index (χ3n) is 2.30. The number of nitrogens with zero attached hydrogens (tertiary/aromatic N) is 2. The average molecular weight is 281 g/mol. The van der Waals surface area contributed by atoms with Gasteiger partial charge in [-0.25, -0.2) is 0 Å². The maximum Gasteiger partial charge on any atom is 0.0729 e. The van der Waals surface area contributed by atoms with Crippen LogP contribution >= 0.6 is 15.9 Å². The standard InChI is InChI=1S/C11H13BrN4/c1-16-7-10(6-15-16)14-5-8-2-3-9(12)4-11(8)13/h2-4,6-7,14H,5,13H2,1H3. The molecular weight excluding hydrogens is 268 g/mol. The largest absolute Gasteiger partial charge is 0.398 e. The van der Waals surface area contributed by atoms with Crippen LogP contribution in [0.2, 0.25) is 0 Å². The van der Waals surface area contributed by atoms with E-state index in [1.807, 2.05) is 31.4 Å². The first-order chi connectivity index (χ1) is 7.65. The van der Waals surface area contributed by atoms with Gasteiger partial charge in [0, 0.05) is 29.9 Å². The highest BCUT2D eigenvalue weighted by Gasteiger charge is 2.00. The molecule has 1 aromatic heterocycles. The first-order valence-corrected chi connectivity index (χ1v) is 5.71. The molecule has 0 aliphatic heterocycles. The van der Waals surface area contributed by atoms with E-state index in [1.54, 1.807) is 10.9 Å². The van der Waals surface area contributed by atoms with E-state index in [-0.39, 0.29) is 0 Å². The molecular formula is C11H13BrN4. The lowest BCUT2D eigenvalue weighted by atomic mass is 10.2. The van der Waals surface area contributed by atoms with Gasteiger partial charge in [-0.3, -0.25) is 4.68 Å². The molecule has 1 heterocycles. The summed E-state index contributed by atoms with van der Waals surface area (Å²) in [6, 6.07) is 5.89. The topological polar surface area (TPSA) is 55.9 Å². The molecule has 0 aliphatic rings. The Hall–Kier alpha value is -1.49. The van der Waals surface area contributed by atoms with Crippen molar-refractivity contribution in [3.63, 3.8) is 0 Å². The molecule has 0 bridgehead atoms. The molecule has 5 heteroatoms. The van der Waals surface area contributed by atoms with Crippen molar-refractivity contribution in [2.75, 3.05) is 11.1 Å². The highest BCUT2D eigenvalue weighted by molar-refractivity contribution is 9.10. The van der Waals surface area contributed by atoms with E-state index in [1.165, 1.54) is 0 Å². The number of aryl methyl sites for hydroxylation is 1. The van der Waals surface area contributed by atoms with Crippen LogP contribution in [0.25, 0.3) is 0 Å². The van der Waals surface area contributed by atoms with E-state index >= 15 is 0 Å².